The lowest BCUT2D eigenvalue weighted by Gasteiger charge is -2.21. The van der Waals surface area contributed by atoms with Crippen LogP contribution in [0.4, 0.5) is 5.69 Å². The van der Waals surface area contributed by atoms with Crippen molar-refractivity contribution in [2.24, 2.45) is 5.92 Å². The minimum absolute atomic E-state index is 0.0158. The van der Waals surface area contributed by atoms with Crippen molar-refractivity contribution in [1.29, 1.82) is 0 Å². The predicted octanol–water partition coefficient (Wildman–Crippen LogP) is 2.06. The quantitative estimate of drug-likeness (QED) is 0.564. The van der Waals surface area contributed by atoms with E-state index in [4.69, 9.17) is 4.74 Å². The van der Waals surface area contributed by atoms with Gasteiger partial charge in [-0.05, 0) is 29.7 Å². The zero-order chi connectivity index (χ0) is 18.1. The Morgan fingerprint density at radius 2 is 1.88 bits per heavy atom. The summed E-state index contributed by atoms with van der Waals surface area (Å²) in [6.45, 7) is 7.22. The Hall–Kier alpha value is -2.63. The summed E-state index contributed by atoms with van der Waals surface area (Å²) in [5.74, 6) is -1.01. The molecule has 0 aliphatic heterocycles. The van der Waals surface area contributed by atoms with E-state index >= 15 is 0 Å². The van der Waals surface area contributed by atoms with Crippen molar-refractivity contribution in [3.63, 3.8) is 0 Å². The van der Waals surface area contributed by atoms with Crippen molar-refractivity contribution < 1.29 is 19.1 Å². The van der Waals surface area contributed by atoms with Crippen LogP contribution in [0.3, 0.4) is 0 Å². The molecule has 0 aliphatic rings. The van der Waals surface area contributed by atoms with E-state index in [2.05, 4.69) is 17.2 Å². The molecule has 0 fully saturated rings. The van der Waals surface area contributed by atoms with Crippen LogP contribution in [0.15, 0.2) is 36.9 Å². The van der Waals surface area contributed by atoms with Crippen LogP contribution in [0.1, 0.15) is 25.8 Å². The molecule has 1 rings (SSSR count). The van der Waals surface area contributed by atoms with Gasteiger partial charge in [0.1, 0.15) is 6.04 Å². The van der Waals surface area contributed by atoms with Crippen molar-refractivity contribution in [3.8, 4) is 0 Å². The van der Waals surface area contributed by atoms with Crippen molar-refractivity contribution in [2.45, 2.75) is 32.7 Å². The van der Waals surface area contributed by atoms with Gasteiger partial charge in [0.15, 0.2) is 0 Å². The Balaban J connectivity index is 2.67. The number of hydrogen-bond acceptors (Lipinski definition) is 4. The molecule has 0 radical (unpaired) electrons. The first-order valence-electron chi connectivity index (χ1n) is 7.80. The van der Waals surface area contributed by atoms with Crippen LogP contribution in [0, 0.1) is 5.92 Å². The molecule has 24 heavy (non-hydrogen) atoms. The Bertz CT molecular complexity index is 596. The number of esters is 1. The Morgan fingerprint density at radius 1 is 1.25 bits per heavy atom. The molecule has 2 N–H and O–H groups in total. The van der Waals surface area contributed by atoms with Crippen molar-refractivity contribution >= 4 is 23.5 Å². The molecule has 1 aromatic carbocycles. The summed E-state index contributed by atoms with van der Waals surface area (Å²) in [5, 5.41) is 5.36. The Morgan fingerprint density at radius 3 is 2.38 bits per heavy atom. The SMILES string of the molecule is C=CC(=O)Nc1ccc(CC(=O)NC(C(=O)OC)C(C)CC)cc1. The second-order valence-electron chi connectivity index (χ2n) is 5.52. The standard InChI is InChI=1S/C18H24N2O4/c1-5-12(3)17(18(23)24-4)20-16(22)11-13-7-9-14(10-8-13)19-15(21)6-2/h6-10,12,17H,2,5,11H2,1,3-4H3,(H,19,21)(H,20,22). The first-order valence-corrected chi connectivity index (χ1v) is 7.80. The molecule has 2 atom stereocenters. The number of carbonyl (C=O) groups is 3. The molecule has 0 aliphatic carbocycles. The van der Waals surface area contributed by atoms with E-state index in [0.717, 1.165) is 12.0 Å². The van der Waals surface area contributed by atoms with Crippen molar-refractivity contribution in [2.75, 3.05) is 12.4 Å². The molecule has 6 heteroatoms. The number of carbonyl (C=O) groups excluding carboxylic acids is 3. The molecule has 0 bridgehead atoms. The molecule has 0 saturated carbocycles. The third-order valence-electron chi connectivity index (χ3n) is 3.76. The summed E-state index contributed by atoms with van der Waals surface area (Å²) in [5.41, 5.74) is 1.40. The Kier molecular flexibility index (Phi) is 7.68. The maximum atomic E-state index is 12.2. The average Bonchev–Trinajstić information content (AvgIpc) is 2.59. The number of ether oxygens (including phenoxy) is 1. The smallest absolute Gasteiger partial charge is 0.328 e. The minimum Gasteiger partial charge on any atom is -0.467 e. The number of amides is 2. The summed E-state index contributed by atoms with van der Waals surface area (Å²) < 4.78 is 4.75. The van der Waals surface area contributed by atoms with E-state index in [-0.39, 0.29) is 24.2 Å². The zero-order valence-electron chi connectivity index (χ0n) is 14.3. The Labute approximate surface area is 142 Å². The normalized spacial score (nSPS) is 12.6. The summed E-state index contributed by atoms with van der Waals surface area (Å²) in [4.78, 5) is 35.2. The highest BCUT2D eigenvalue weighted by atomic mass is 16.5. The van der Waals surface area contributed by atoms with Gasteiger partial charge < -0.3 is 15.4 Å². The van der Waals surface area contributed by atoms with Crippen LogP contribution in [-0.4, -0.2) is 30.9 Å². The number of nitrogens with one attached hydrogen (secondary N) is 2. The number of hydrogen-bond donors (Lipinski definition) is 2. The van der Waals surface area contributed by atoms with Crippen LogP contribution >= 0.6 is 0 Å². The monoisotopic (exact) mass is 332 g/mol. The van der Waals surface area contributed by atoms with E-state index in [1.165, 1.54) is 13.2 Å². The zero-order valence-corrected chi connectivity index (χ0v) is 14.3. The van der Waals surface area contributed by atoms with Gasteiger partial charge in [0, 0.05) is 5.69 Å². The molecule has 2 unspecified atom stereocenters. The topological polar surface area (TPSA) is 84.5 Å². The molecule has 0 aromatic heterocycles. The van der Waals surface area contributed by atoms with Gasteiger partial charge >= 0.3 is 5.97 Å². The molecular formula is C18H24N2O4. The average molecular weight is 332 g/mol. The highest BCUT2D eigenvalue weighted by Gasteiger charge is 2.26. The second kappa shape index (κ2) is 9.50. The molecular weight excluding hydrogens is 308 g/mol. The molecule has 0 heterocycles. The molecule has 130 valence electrons. The number of benzene rings is 1. The van der Waals surface area contributed by atoms with Crippen LogP contribution in [0.25, 0.3) is 0 Å². The van der Waals surface area contributed by atoms with Gasteiger partial charge in [-0.15, -0.1) is 0 Å². The highest BCUT2D eigenvalue weighted by molar-refractivity contribution is 5.98. The molecule has 1 aromatic rings. The fraction of sp³-hybridized carbons (Fsp3) is 0.389. The highest BCUT2D eigenvalue weighted by Crippen LogP contribution is 2.12. The summed E-state index contributed by atoms with van der Waals surface area (Å²) in [6.07, 6.45) is 2.07. The maximum absolute atomic E-state index is 12.2. The lowest BCUT2D eigenvalue weighted by atomic mass is 9.99. The molecule has 6 nitrogen and oxygen atoms in total. The van der Waals surface area contributed by atoms with E-state index in [1.54, 1.807) is 24.3 Å². The lowest BCUT2D eigenvalue weighted by Crippen LogP contribution is -2.46. The first kappa shape index (κ1) is 19.4. The van der Waals surface area contributed by atoms with Gasteiger partial charge in [-0.3, -0.25) is 9.59 Å². The van der Waals surface area contributed by atoms with Crippen molar-refractivity contribution in [1.82, 2.24) is 5.32 Å². The second-order valence-corrected chi connectivity index (χ2v) is 5.52. The van der Waals surface area contributed by atoms with Crippen LogP contribution in [0.5, 0.6) is 0 Å². The first-order chi connectivity index (χ1) is 11.4. The van der Waals surface area contributed by atoms with Gasteiger partial charge in [0.25, 0.3) is 0 Å². The minimum atomic E-state index is -0.654. The summed E-state index contributed by atoms with van der Waals surface area (Å²) in [6, 6.07) is 6.25. The maximum Gasteiger partial charge on any atom is 0.328 e. The van der Waals surface area contributed by atoms with Gasteiger partial charge in [0.05, 0.1) is 13.5 Å². The third kappa shape index (κ3) is 5.87. The predicted molar refractivity (Wildman–Crippen MR) is 92.4 cm³/mol. The molecule has 0 saturated heterocycles. The molecule has 0 spiro atoms. The summed E-state index contributed by atoms with van der Waals surface area (Å²) >= 11 is 0. The van der Waals surface area contributed by atoms with E-state index in [0.29, 0.717) is 5.69 Å². The van der Waals surface area contributed by atoms with Crippen LogP contribution in [0.2, 0.25) is 0 Å². The fourth-order valence-corrected chi connectivity index (χ4v) is 2.11. The van der Waals surface area contributed by atoms with Crippen LogP contribution in [-0.2, 0) is 25.5 Å². The fourth-order valence-electron chi connectivity index (χ4n) is 2.11. The third-order valence-corrected chi connectivity index (χ3v) is 3.76. The number of methoxy groups -OCH3 is 1. The lowest BCUT2D eigenvalue weighted by molar-refractivity contribution is -0.146. The number of rotatable bonds is 8. The molecule has 2 amide bonds. The van der Waals surface area contributed by atoms with Crippen LogP contribution < -0.4 is 10.6 Å². The van der Waals surface area contributed by atoms with E-state index < -0.39 is 12.0 Å². The van der Waals surface area contributed by atoms with E-state index in [9.17, 15) is 14.4 Å². The largest absolute Gasteiger partial charge is 0.467 e. The van der Waals surface area contributed by atoms with E-state index in [1.807, 2.05) is 13.8 Å². The van der Waals surface area contributed by atoms with Gasteiger partial charge in [-0.25, -0.2) is 4.79 Å². The van der Waals surface area contributed by atoms with Gasteiger partial charge in [-0.2, -0.15) is 0 Å². The van der Waals surface area contributed by atoms with Crippen molar-refractivity contribution in [3.05, 3.63) is 42.5 Å². The number of anilines is 1. The van der Waals surface area contributed by atoms with Gasteiger partial charge in [-0.1, -0.05) is 39.0 Å². The summed E-state index contributed by atoms with van der Waals surface area (Å²) in [7, 11) is 1.31. The van der Waals surface area contributed by atoms with Gasteiger partial charge in [0.2, 0.25) is 11.8 Å².